The molecule has 8 heteroatoms. The number of hydrogen-bond donors (Lipinski definition) is 1. The zero-order valence-electron chi connectivity index (χ0n) is 34.7. The molecule has 3 aromatic rings. The van der Waals surface area contributed by atoms with Gasteiger partial charge in [0.2, 0.25) is 10.6 Å². The van der Waals surface area contributed by atoms with Crippen molar-refractivity contribution in [1.82, 2.24) is 19.9 Å². The summed E-state index contributed by atoms with van der Waals surface area (Å²) in [6.45, 7) is 0. The molecule has 0 unspecified atom stereocenters. The predicted octanol–water partition coefficient (Wildman–Crippen LogP) is 16.4. The quantitative estimate of drug-likeness (QED) is 0.133. The third-order valence-corrected chi connectivity index (χ3v) is 32.1. The van der Waals surface area contributed by atoms with E-state index in [4.69, 9.17) is 23.2 Å². The molecule has 0 bridgehead atoms. The van der Waals surface area contributed by atoms with E-state index >= 15 is 0 Å². The van der Waals surface area contributed by atoms with E-state index in [9.17, 15) is 0 Å². The van der Waals surface area contributed by atoms with Crippen LogP contribution in [0.25, 0.3) is 11.2 Å². The Hall–Kier alpha value is -0.790. The van der Waals surface area contributed by atoms with E-state index in [1.165, 1.54) is 44.7 Å². The van der Waals surface area contributed by atoms with Gasteiger partial charge in [0.1, 0.15) is 5.52 Å². The average Bonchev–Trinajstić information content (AvgIpc) is 3.65. The summed E-state index contributed by atoms with van der Waals surface area (Å²) in [5.74, 6) is 0. The van der Waals surface area contributed by atoms with Gasteiger partial charge in [0, 0.05) is 5.56 Å². The number of halogens is 2. The molecule has 56 heavy (non-hydrogen) atoms. The summed E-state index contributed by atoms with van der Waals surface area (Å²) in [5.41, 5.74) is 9.78. The van der Waals surface area contributed by atoms with Crippen LogP contribution in [-0.4, -0.2) is 53.9 Å². The lowest BCUT2D eigenvalue weighted by Crippen LogP contribution is -2.45. The second kappa shape index (κ2) is 20.2. The first-order valence-corrected chi connectivity index (χ1v) is 28.8. The van der Waals surface area contributed by atoms with E-state index in [1.54, 1.807) is 154 Å². The number of aromatic nitrogens is 4. The maximum Gasteiger partial charge on any atom is 0.224 e. The van der Waals surface area contributed by atoms with Crippen molar-refractivity contribution in [2.24, 2.45) is 0 Å². The van der Waals surface area contributed by atoms with Gasteiger partial charge in [0.25, 0.3) is 0 Å². The van der Waals surface area contributed by atoms with Crippen LogP contribution in [0.3, 0.4) is 0 Å². The van der Waals surface area contributed by atoms with E-state index < -0.39 is 14.5 Å². The molecule has 6 saturated carbocycles. The monoisotopic (exact) mass is 838 g/mol. The number of imidazole rings is 1. The van der Waals surface area contributed by atoms with Gasteiger partial charge in [-0.15, -0.1) is 0 Å². The van der Waals surface area contributed by atoms with Crippen molar-refractivity contribution in [3.8, 4) is 0 Å². The molecular weight excluding hydrogens is 765 g/mol. The normalized spacial score (nSPS) is 24.0. The minimum absolute atomic E-state index is 0.167. The van der Waals surface area contributed by atoms with Crippen LogP contribution in [0.15, 0.2) is 36.5 Å². The van der Waals surface area contributed by atoms with Crippen molar-refractivity contribution >= 4 is 48.9 Å². The van der Waals surface area contributed by atoms with Gasteiger partial charge in [-0.25, -0.2) is 4.98 Å². The van der Waals surface area contributed by atoms with Crippen molar-refractivity contribution in [2.45, 2.75) is 232 Å². The number of hydrogen-bond acceptors (Lipinski definition) is 3. The van der Waals surface area contributed by atoms with E-state index in [1.807, 2.05) is 5.56 Å². The minimum Gasteiger partial charge on any atom is -0.326 e. The van der Waals surface area contributed by atoms with Gasteiger partial charge in [0.15, 0.2) is 11.0 Å². The Morgan fingerprint density at radius 3 is 1.14 bits per heavy atom. The Kier molecular flexibility index (Phi) is 15.1. The summed E-state index contributed by atoms with van der Waals surface area (Å²) < 4.78 is 0. The highest BCUT2D eigenvalue weighted by Gasteiger charge is 2.75. The van der Waals surface area contributed by atoms with Crippen LogP contribution in [0.5, 0.6) is 0 Å². The van der Waals surface area contributed by atoms with Crippen molar-refractivity contribution < 1.29 is 0 Å². The van der Waals surface area contributed by atoms with Crippen LogP contribution in [0, 0.1) is 0 Å². The molecule has 0 radical (unpaired) electrons. The molecule has 6 aliphatic carbocycles. The van der Waals surface area contributed by atoms with Gasteiger partial charge < -0.3 is 4.98 Å². The Morgan fingerprint density at radius 2 is 0.804 bits per heavy atom. The highest BCUT2D eigenvalue weighted by atomic mass is 35.5. The highest BCUT2D eigenvalue weighted by Crippen LogP contribution is 2.99. The number of nitrogens with zero attached hydrogens (tertiary/aromatic N) is 3. The van der Waals surface area contributed by atoms with Gasteiger partial charge in [-0.3, -0.25) is 0 Å². The van der Waals surface area contributed by atoms with Crippen molar-refractivity contribution in [3.05, 3.63) is 52.7 Å². The smallest absolute Gasteiger partial charge is 0.224 e. The number of rotatable bonds is 9. The summed E-state index contributed by atoms with van der Waals surface area (Å²) in [4.78, 5) is 14.2. The summed E-state index contributed by atoms with van der Waals surface area (Å²) in [6, 6.07) is 13.1. The molecule has 0 aliphatic heterocycles. The summed E-state index contributed by atoms with van der Waals surface area (Å²) in [7, 11) is -2.65. The molecule has 0 saturated heterocycles. The van der Waals surface area contributed by atoms with Gasteiger partial charge in [0.05, 0.1) is 54.7 Å². The molecule has 1 N–H and O–H groups in total. The van der Waals surface area contributed by atoms with Crippen LogP contribution in [-0.2, 0) is 0 Å². The molecule has 4 nitrogen and oxygen atoms in total. The van der Waals surface area contributed by atoms with E-state index in [0.717, 1.165) is 39.4 Å². The maximum atomic E-state index is 5.56. The third kappa shape index (κ3) is 8.82. The fraction of sp³-hybridized carbons (Fsp3) is 0.771. The van der Waals surface area contributed by atoms with Crippen LogP contribution in [0.2, 0.25) is 10.6 Å². The second-order valence-corrected chi connectivity index (χ2v) is 29.3. The molecule has 1 aromatic carbocycles. The van der Waals surface area contributed by atoms with Gasteiger partial charge in [-0.1, -0.05) is 68.9 Å². The SMILES string of the molecule is Clc1ncc2[nH]c(Cl)nc2n1.c1ccc(C([P+](C2CCCCC2)(C2CCCCC2)C2CCCCC2)[P+](C2CCCCC2)(C2CCCCC2)C2CCCCC2)cc1. The molecule has 9 rings (SSSR count). The molecule has 6 aliphatic rings. The molecular formula is C48H74Cl2N4P2+2. The largest absolute Gasteiger partial charge is 0.326 e. The third-order valence-electron chi connectivity index (χ3n) is 16.4. The lowest BCUT2D eigenvalue weighted by molar-refractivity contribution is 0.439. The first-order chi connectivity index (χ1) is 27.6. The number of nitrogens with one attached hydrogen (secondary N) is 1. The molecule has 0 spiro atoms. The molecule has 6 fully saturated rings. The molecule has 2 aromatic heterocycles. The Morgan fingerprint density at radius 1 is 0.464 bits per heavy atom. The van der Waals surface area contributed by atoms with E-state index in [2.05, 4.69) is 50.3 Å². The Balaban J connectivity index is 0.000000343. The Bertz CT molecular complexity index is 1460. The van der Waals surface area contributed by atoms with E-state index in [-0.39, 0.29) is 10.6 Å². The minimum atomic E-state index is -1.33. The topological polar surface area (TPSA) is 54.5 Å². The second-order valence-electron chi connectivity index (χ2n) is 19.2. The fourth-order valence-corrected chi connectivity index (χ4v) is 35.8. The van der Waals surface area contributed by atoms with Crippen molar-refractivity contribution in [1.29, 1.82) is 0 Å². The van der Waals surface area contributed by atoms with Crippen LogP contribution in [0.4, 0.5) is 0 Å². The number of fused-ring (bicyclic) bond motifs is 1. The summed E-state index contributed by atoms with van der Waals surface area (Å²) in [6.07, 6.45) is 49.1. The van der Waals surface area contributed by atoms with Gasteiger partial charge in [-0.05, 0) is 177 Å². The molecule has 0 atom stereocenters. The number of aromatic amines is 1. The zero-order valence-corrected chi connectivity index (χ0v) is 38.0. The molecule has 2 heterocycles. The number of benzene rings is 1. The lowest BCUT2D eigenvalue weighted by Gasteiger charge is -2.59. The van der Waals surface area contributed by atoms with Gasteiger partial charge in [-0.2, -0.15) is 9.97 Å². The summed E-state index contributed by atoms with van der Waals surface area (Å²) >= 11 is 11.1. The molecule has 0 amide bonds. The standard InChI is InChI=1S/C43H72P2.C5H2Cl2N4/c1-8-22-36(23-9-1)43(44(37-24-10-2-11-25-37,38-26-12-3-13-27-38)39-28-14-4-15-29-39)45(40-30-16-5-17-31-40,41-32-18-6-19-33-41)42-34-20-7-21-35-42;6-4-8-1-2-3(10-4)11-5(7)9-2/h1,8-9,22-23,37-43H,2-7,10-21,24-35H2;1H,(H,8,9,10,11)/q+2;. The lowest BCUT2D eigenvalue weighted by atomic mass is 9.98. The van der Waals surface area contributed by atoms with Crippen LogP contribution >= 0.6 is 37.7 Å². The van der Waals surface area contributed by atoms with Crippen molar-refractivity contribution in [2.75, 3.05) is 0 Å². The van der Waals surface area contributed by atoms with Crippen molar-refractivity contribution in [3.63, 3.8) is 0 Å². The fourth-order valence-electron chi connectivity index (χ4n) is 14.4. The van der Waals surface area contributed by atoms with Crippen LogP contribution < -0.4 is 0 Å². The zero-order chi connectivity index (χ0) is 38.2. The maximum absolute atomic E-state index is 5.56. The first kappa shape index (κ1) is 41.9. The predicted molar refractivity (Wildman–Crippen MR) is 246 cm³/mol. The summed E-state index contributed by atoms with van der Waals surface area (Å²) in [5, 5.41) is 1.48. The van der Waals surface area contributed by atoms with Gasteiger partial charge >= 0.3 is 0 Å². The highest BCUT2D eigenvalue weighted by molar-refractivity contribution is 7.94. The average molecular weight is 840 g/mol. The Labute approximate surface area is 351 Å². The number of H-pyrrole nitrogens is 1. The molecule has 308 valence electrons. The van der Waals surface area contributed by atoms with Crippen LogP contribution in [0.1, 0.15) is 204 Å². The van der Waals surface area contributed by atoms with E-state index in [0.29, 0.717) is 11.2 Å². The first-order valence-electron chi connectivity index (χ1n) is 24.0.